The van der Waals surface area contributed by atoms with Crippen molar-refractivity contribution >= 4 is 11.8 Å². The number of hydrogen-bond donors (Lipinski definition) is 3. The Morgan fingerprint density at radius 2 is 1.38 bits per heavy atom. The van der Waals surface area contributed by atoms with Crippen LogP contribution in [0.3, 0.4) is 0 Å². The Labute approximate surface area is 141 Å². The number of aliphatic hydroxyl groups is 1. The van der Waals surface area contributed by atoms with Gasteiger partial charge in [-0.2, -0.15) is 0 Å². The maximum absolute atomic E-state index is 12.4. The fraction of sp³-hybridized carbons (Fsp3) is 0.263. The van der Waals surface area contributed by atoms with E-state index in [9.17, 15) is 14.7 Å². The van der Waals surface area contributed by atoms with E-state index in [1.54, 1.807) is 0 Å². The number of hydrogen-bond acceptors (Lipinski definition) is 3. The monoisotopic (exact) mass is 326 g/mol. The van der Waals surface area contributed by atoms with Gasteiger partial charge in [0.1, 0.15) is 0 Å². The zero-order chi connectivity index (χ0) is 17.4. The Kier molecular flexibility index (Phi) is 6.51. The maximum Gasteiger partial charge on any atom is 0.222 e. The van der Waals surface area contributed by atoms with Crippen LogP contribution < -0.4 is 10.6 Å². The number of rotatable bonds is 7. The second kappa shape index (κ2) is 8.84. The molecule has 1 unspecified atom stereocenters. The van der Waals surface area contributed by atoms with Crippen LogP contribution >= 0.6 is 0 Å². The molecule has 0 aliphatic heterocycles. The molecule has 2 atom stereocenters. The van der Waals surface area contributed by atoms with Crippen molar-refractivity contribution in [3.8, 4) is 0 Å². The summed E-state index contributed by atoms with van der Waals surface area (Å²) in [6.07, 6.45) is 0.104. The van der Waals surface area contributed by atoms with Crippen LogP contribution in [-0.4, -0.2) is 23.5 Å². The van der Waals surface area contributed by atoms with Gasteiger partial charge in [0.25, 0.3) is 0 Å². The quantitative estimate of drug-likeness (QED) is 0.729. The van der Waals surface area contributed by atoms with E-state index in [0.717, 1.165) is 11.1 Å². The lowest BCUT2D eigenvalue weighted by molar-refractivity contribution is -0.123. The number of aliphatic hydroxyl groups excluding tert-OH is 1. The van der Waals surface area contributed by atoms with Gasteiger partial charge in [-0.3, -0.25) is 9.59 Å². The van der Waals surface area contributed by atoms with Gasteiger partial charge in [-0.15, -0.1) is 0 Å². The number of nitrogens with one attached hydrogen (secondary N) is 2. The summed E-state index contributed by atoms with van der Waals surface area (Å²) in [5.74, 6) is -0.432. The van der Waals surface area contributed by atoms with Gasteiger partial charge in [-0.25, -0.2) is 0 Å². The Morgan fingerprint density at radius 3 is 1.83 bits per heavy atom. The average molecular weight is 326 g/mol. The number of carbonyl (C=O) groups excluding carboxylic acids is 2. The van der Waals surface area contributed by atoms with Crippen LogP contribution in [0.2, 0.25) is 0 Å². The van der Waals surface area contributed by atoms with Gasteiger partial charge >= 0.3 is 0 Å². The highest BCUT2D eigenvalue weighted by atomic mass is 16.3. The van der Waals surface area contributed by atoms with Crippen LogP contribution in [-0.2, 0) is 9.59 Å². The van der Waals surface area contributed by atoms with Crippen LogP contribution in [0.4, 0.5) is 0 Å². The molecule has 24 heavy (non-hydrogen) atoms. The molecule has 0 bridgehead atoms. The Hall–Kier alpha value is -2.66. The van der Waals surface area contributed by atoms with Crippen molar-refractivity contribution in [1.82, 2.24) is 10.6 Å². The summed E-state index contributed by atoms with van der Waals surface area (Å²) >= 11 is 0. The third-order valence-electron chi connectivity index (χ3n) is 3.69. The molecule has 0 aliphatic rings. The van der Waals surface area contributed by atoms with Crippen molar-refractivity contribution in [1.29, 1.82) is 0 Å². The zero-order valence-corrected chi connectivity index (χ0v) is 13.6. The van der Waals surface area contributed by atoms with E-state index in [4.69, 9.17) is 0 Å². The Balaban J connectivity index is 2.05. The fourth-order valence-corrected chi connectivity index (χ4v) is 2.54. The van der Waals surface area contributed by atoms with Crippen LogP contribution in [0.5, 0.6) is 0 Å². The third kappa shape index (κ3) is 5.21. The molecule has 2 rings (SSSR count). The third-order valence-corrected chi connectivity index (χ3v) is 3.69. The molecule has 0 heterocycles. The standard InChI is InChI=1S/C19H22N2O3/c1-14(23)20-17(15-8-4-2-5-9-15)12-19(24)21-18(13-22)16-10-6-3-7-11-16/h2-11,17-18,22H,12-13H2,1H3,(H,20,23)(H,21,24)/t17?,18-/m1/s1. The Morgan fingerprint density at radius 1 is 0.875 bits per heavy atom. The van der Waals surface area contributed by atoms with E-state index in [0.29, 0.717) is 0 Å². The zero-order valence-electron chi connectivity index (χ0n) is 13.6. The number of benzene rings is 2. The van der Waals surface area contributed by atoms with E-state index in [2.05, 4.69) is 10.6 Å². The van der Waals surface area contributed by atoms with Gasteiger partial charge < -0.3 is 15.7 Å². The van der Waals surface area contributed by atoms with Gasteiger partial charge in [0.15, 0.2) is 0 Å². The predicted octanol–water partition coefficient (Wildman–Crippen LogP) is 2.10. The van der Waals surface area contributed by atoms with Gasteiger partial charge in [-0.05, 0) is 11.1 Å². The van der Waals surface area contributed by atoms with E-state index in [1.807, 2.05) is 60.7 Å². The molecule has 5 nitrogen and oxygen atoms in total. The molecule has 126 valence electrons. The predicted molar refractivity (Wildman–Crippen MR) is 92.0 cm³/mol. The first kappa shape index (κ1) is 17.7. The minimum atomic E-state index is -0.465. The highest BCUT2D eigenvalue weighted by molar-refractivity contribution is 5.79. The molecule has 0 aromatic heterocycles. The normalized spacial score (nSPS) is 12.9. The van der Waals surface area contributed by atoms with Crippen molar-refractivity contribution < 1.29 is 14.7 Å². The first-order valence-corrected chi connectivity index (χ1v) is 7.87. The van der Waals surface area contributed by atoms with Crippen molar-refractivity contribution in [3.63, 3.8) is 0 Å². The Bertz CT molecular complexity index is 659. The highest BCUT2D eigenvalue weighted by Gasteiger charge is 2.19. The van der Waals surface area contributed by atoms with E-state index in [1.165, 1.54) is 6.92 Å². The highest BCUT2D eigenvalue weighted by Crippen LogP contribution is 2.18. The molecule has 5 heteroatoms. The summed E-state index contributed by atoms with van der Waals surface area (Å²) in [7, 11) is 0. The second-order valence-electron chi connectivity index (χ2n) is 5.58. The van der Waals surface area contributed by atoms with Crippen molar-refractivity contribution in [2.45, 2.75) is 25.4 Å². The lowest BCUT2D eigenvalue weighted by atomic mass is 10.0. The summed E-state index contributed by atoms with van der Waals surface area (Å²) in [5, 5.41) is 15.2. The lowest BCUT2D eigenvalue weighted by Gasteiger charge is -2.21. The number of amides is 2. The molecule has 2 aromatic rings. The van der Waals surface area contributed by atoms with Gasteiger partial charge in [-0.1, -0.05) is 60.7 Å². The minimum absolute atomic E-state index is 0.104. The summed E-state index contributed by atoms with van der Waals surface area (Å²) in [6.45, 7) is 1.24. The molecule has 3 N–H and O–H groups in total. The fourth-order valence-electron chi connectivity index (χ4n) is 2.54. The van der Waals surface area contributed by atoms with Gasteiger partial charge in [0.2, 0.25) is 11.8 Å². The minimum Gasteiger partial charge on any atom is -0.394 e. The van der Waals surface area contributed by atoms with E-state index >= 15 is 0 Å². The van der Waals surface area contributed by atoms with Gasteiger partial charge in [0, 0.05) is 6.92 Å². The SMILES string of the molecule is CC(=O)NC(CC(=O)N[C@H](CO)c1ccccc1)c1ccccc1. The first-order valence-electron chi connectivity index (χ1n) is 7.87. The largest absolute Gasteiger partial charge is 0.394 e. The molecule has 0 fully saturated rings. The van der Waals surface area contributed by atoms with Crippen molar-refractivity contribution in [2.24, 2.45) is 0 Å². The van der Waals surface area contributed by atoms with Gasteiger partial charge in [0.05, 0.1) is 25.1 Å². The topological polar surface area (TPSA) is 78.4 Å². The first-order chi connectivity index (χ1) is 11.6. The average Bonchev–Trinajstić information content (AvgIpc) is 2.60. The molecule has 2 aromatic carbocycles. The van der Waals surface area contributed by atoms with Crippen LogP contribution in [0.25, 0.3) is 0 Å². The molecule has 0 saturated heterocycles. The smallest absolute Gasteiger partial charge is 0.222 e. The summed E-state index contributed by atoms with van der Waals surface area (Å²) in [5.41, 5.74) is 1.70. The molecule has 2 amide bonds. The second-order valence-corrected chi connectivity index (χ2v) is 5.58. The summed E-state index contributed by atoms with van der Waals surface area (Å²) < 4.78 is 0. The van der Waals surface area contributed by atoms with E-state index < -0.39 is 12.1 Å². The lowest BCUT2D eigenvalue weighted by Crippen LogP contribution is -2.35. The molecule has 0 aliphatic carbocycles. The summed E-state index contributed by atoms with van der Waals surface area (Å²) in [6, 6.07) is 17.8. The molecular weight excluding hydrogens is 304 g/mol. The molecule has 0 spiro atoms. The maximum atomic E-state index is 12.4. The summed E-state index contributed by atoms with van der Waals surface area (Å²) in [4.78, 5) is 23.8. The molecule has 0 radical (unpaired) electrons. The van der Waals surface area contributed by atoms with Crippen LogP contribution in [0, 0.1) is 0 Å². The number of carbonyl (C=O) groups is 2. The molecule has 0 saturated carbocycles. The van der Waals surface area contributed by atoms with E-state index in [-0.39, 0.29) is 24.8 Å². The van der Waals surface area contributed by atoms with Crippen LogP contribution in [0.1, 0.15) is 36.6 Å². The van der Waals surface area contributed by atoms with Crippen LogP contribution in [0.15, 0.2) is 60.7 Å². The molecular formula is C19H22N2O3. The van der Waals surface area contributed by atoms with Crippen molar-refractivity contribution in [2.75, 3.05) is 6.61 Å². The van der Waals surface area contributed by atoms with Crippen molar-refractivity contribution in [3.05, 3.63) is 71.8 Å².